The topological polar surface area (TPSA) is 64.1 Å². The third kappa shape index (κ3) is 4.45. The molecule has 0 atom stereocenters. The van der Waals surface area contributed by atoms with Crippen LogP contribution < -0.4 is 5.32 Å². The second-order valence-corrected chi connectivity index (χ2v) is 5.72. The van der Waals surface area contributed by atoms with E-state index in [-0.39, 0.29) is 0 Å². The van der Waals surface area contributed by atoms with Gasteiger partial charge in [-0.15, -0.1) is 0 Å². The molecule has 6 heteroatoms. The molecule has 94 valence electrons. The van der Waals surface area contributed by atoms with Crippen molar-refractivity contribution in [3.8, 4) is 0 Å². The lowest BCUT2D eigenvalue weighted by atomic mass is 10.2. The molecule has 0 unspecified atom stereocenters. The number of amides is 1. The third-order valence-corrected chi connectivity index (χ3v) is 3.04. The molecule has 17 heavy (non-hydrogen) atoms. The molecule has 0 aromatic carbocycles. The van der Waals surface area contributed by atoms with Crippen LogP contribution in [-0.2, 0) is 4.74 Å². The molecule has 1 heterocycles. The van der Waals surface area contributed by atoms with Gasteiger partial charge in [0, 0.05) is 0 Å². The molecule has 1 aromatic rings. The molecule has 0 spiro atoms. The highest BCUT2D eigenvalue weighted by Crippen LogP contribution is 2.19. The normalized spacial score (nSPS) is 11.2. The standard InChI is InChI=1S/C11H16IN3O2/c1-6-8(12)9(14-7(2)13-6)15-10(16)17-11(3,4)5/h1-5H3,(H,13,14,15,16). The Morgan fingerprint density at radius 3 is 2.41 bits per heavy atom. The predicted octanol–water partition coefficient (Wildman–Crippen LogP) is 3.05. The minimum Gasteiger partial charge on any atom is -0.444 e. The van der Waals surface area contributed by atoms with E-state index < -0.39 is 11.7 Å². The van der Waals surface area contributed by atoms with Crippen molar-refractivity contribution in [3.63, 3.8) is 0 Å². The van der Waals surface area contributed by atoms with Crippen molar-refractivity contribution in [2.75, 3.05) is 5.32 Å². The van der Waals surface area contributed by atoms with Crippen LogP contribution in [0.25, 0.3) is 0 Å². The molecule has 0 saturated carbocycles. The zero-order chi connectivity index (χ0) is 13.2. The summed E-state index contributed by atoms with van der Waals surface area (Å²) in [4.78, 5) is 20.0. The van der Waals surface area contributed by atoms with Gasteiger partial charge >= 0.3 is 6.09 Å². The summed E-state index contributed by atoms with van der Waals surface area (Å²) in [6, 6.07) is 0. The van der Waals surface area contributed by atoms with Crippen LogP contribution in [-0.4, -0.2) is 21.7 Å². The smallest absolute Gasteiger partial charge is 0.413 e. The molecule has 0 saturated heterocycles. The first-order chi connectivity index (χ1) is 7.69. The second kappa shape index (κ2) is 5.16. The highest BCUT2D eigenvalue weighted by Gasteiger charge is 2.18. The van der Waals surface area contributed by atoms with Gasteiger partial charge in [-0.3, -0.25) is 5.32 Å². The molecule has 0 radical (unpaired) electrons. The summed E-state index contributed by atoms with van der Waals surface area (Å²) in [6.07, 6.45) is -0.507. The Labute approximate surface area is 115 Å². The highest BCUT2D eigenvalue weighted by atomic mass is 127. The van der Waals surface area contributed by atoms with Crippen LogP contribution in [0.3, 0.4) is 0 Å². The van der Waals surface area contributed by atoms with Crippen molar-refractivity contribution in [1.82, 2.24) is 9.97 Å². The Kier molecular flexibility index (Phi) is 4.29. The van der Waals surface area contributed by atoms with E-state index in [0.29, 0.717) is 11.6 Å². The van der Waals surface area contributed by atoms with E-state index in [0.717, 1.165) is 9.26 Å². The van der Waals surface area contributed by atoms with E-state index in [1.54, 1.807) is 6.92 Å². The third-order valence-electron chi connectivity index (χ3n) is 1.75. The summed E-state index contributed by atoms with van der Waals surface area (Å²) in [5.74, 6) is 1.11. The Hall–Kier alpha value is -0.920. The van der Waals surface area contributed by atoms with Gasteiger partial charge in [-0.05, 0) is 57.2 Å². The number of nitrogens with zero attached hydrogens (tertiary/aromatic N) is 2. The number of carbonyl (C=O) groups is 1. The minimum absolute atomic E-state index is 0.491. The van der Waals surface area contributed by atoms with Crippen molar-refractivity contribution in [3.05, 3.63) is 15.1 Å². The zero-order valence-electron chi connectivity index (χ0n) is 10.6. The quantitative estimate of drug-likeness (QED) is 0.792. The van der Waals surface area contributed by atoms with Crippen LogP contribution in [0, 0.1) is 17.4 Å². The van der Waals surface area contributed by atoms with Crippen molar-refractivity contribution in [2.45, 2.75) is 40.2 Å². The Morgan fingerprint density at radius 1 is 1.29 bits per heavy atom. The van der Waals surface area contributed by atoms with Gasteiger partial charge in [0.2, 0.25) is 0 Å². The average molecular weight is 349 g/mol. The lowest BCUT2D eigenvalue weighted by molar-refractivity contribution is 0.0635. The first-order valence-electron chi connectivity index (χ1n) is 5.20. The first-order valence-corrected chi connectivity index (χ1v) is 6.27. The molecule has 1 amide bonds. The largest absolute Gasteiger partial charge is 0.444 e. The summed E-state index contributed by atoms with van der Waals surface area (Å²) in [6.45, 7) is 9.09. The summed E-state index contributed by atoms with van der Waals surface area (Å²) in [5, 5.41) is 2.63. The summed E-state index contributed by atoms with van der Waals surface area (Å²) >= 11 is 2.10. The molecule has 1 N–H and O–H groups in total. The van der Waals surface area contributed by atoms with Gasteiger partial charge in [-0.1, -0.05) is 0 Å². The van der Waals surface area contributed by atoms with E-state index >= 15 is 0 Å². The number of halogens is 1. The molecular weight excluding hydrogens is 333 g/mol. The van der Waals surface area contributed by atoms with E-state index in [1.807, 2.05) is 27.7 Å². The van der Waals surface area contributed by atoms with Gasteiger partial charge in [0.15, 0.2) is 5.82 Å². The predicted molar refractivity (Wildman–Crippen MR) is 74.1 cm³/mol. The summed E-state index contributed by atoms with van der Waals surface area (Å²) < 4.78 is 5.98. The monoisotopic (exact) mass is 349 g/mol. The van der Waals surface area contributed by atoms with Gasteiger partial charge in [-0.2, -0.15) is 0 Å². The van der Waals surface area contributed by atoms with Crippen LogP contribution in [0.1, 0.15) is 32.3 Å². The number of aryl methyl sites for hydroxylation is 2. The number of anilines is 1. The lowest BCUT2D eigenvalue weighted by Crippen LogP contribution is -2.28. The molecular formula is C11H16IN3O2. The van der Waals surface area contributed by atoms with E-state index in [4.69, 9.17) is 4.74 Å². The molecule has 0 aliphatic heterocycles. The van der Waals surface area contributed by atoms with Crippen LogP contribution in [0.4, 0.5) is 10.6 Å². The fourth-order valence-electron chi connectivity index (χ4n) is 1.18. The summed E-state index contributed by atoms with van der Waals surface area (Å²) in [5.41, 5.74) is 0.316. The van der Waals surface area contributed by atoms with Gasteiger partial charge < -0.3 is 4.74 Å². The maximum Gasteiger partial charge on any atom is 0.413 e. The fraction of sp³-hybridized carbons (Fsp3) is 0.545. The van der Waals surface area contributed by atoms with Crippen molar-refractivity contribution >= 4 is 34.5 Å². The summed E-state index contributed by atoms with van der Waals surface area (Å²) in [7, 11) is 0. The SMILES string of the molecule is Cc1nc(C)c(I)c(NC(=O)OC(C)(C)C)n1. The Bertz CT molecular complexity index is 441. The van der Waals surface area contributed by atoms with E-state index in [9.17, 15) is 4.79 Å². The molecule has 1 aromatic heterocycles. The van der Waals surface area contributed by atoms with E-state index in [1.165, 1.54) is 0 Å². The van der Waals surface area contributed by atoms with Crippen molar-refractivity contribution in [1.29, 1.82) is 0 Å². The first kappa shape index (κ1) is 14.1. The van der Waals surface area contributed by atoms with Gasteiger partial charge in [-0.25, -0.2) is 14.8 Å². The van der Waals surface area contributed by atoms with Crippen LogP contribution in [0.2, 0.25) is 0 Å². The highest BCUT2D eigenvalue weighted by molar-refractivity contribution is 14.1. The fourth-order valence-corrected chi connectivity index (χ4v) is 1.56. The van der Waals surface area contributed by atoms with Crippen molar-refractivity contribution in [2.24, 2.45) is 0 Å². The maximum atomic E-state index is 11.6. The Balaban J connectivity index is 2.85. The van der Waals surface area contributed by atoms with Crippen LogP contribution >= 0.6 is 22.6 Å². The molecule has 0 aliphatic carbocycles. The molecule has 0 bridgehead atoms. The molecule has 0 fully saturated rings. The van der Waals surface area contributed by atoms with Gasteiger partial charge in [0.05, 0.1) is 9.26 Å². The number of rotatable bonds is 1. The molecule has 5 nitrogen and oxygen atoms in total. The number of nitrogens with one attached hydrogen (secondary N) is 1. The molecule has 0 aliphatic rings. The Morgan fingerprint density at radius 2 is 1.88 bits per heavy atom. The number of aromatic nitrogens is 2. The van der Waals surface area contributed by atoms with Gasteiger partial charge in [0.1, 0.15) is 11.4 Å². The maximum absolute atomic E-state index is 11.6. The number of ether oxygens (including phenoxy) is 1. The van der Waals surface area contributed by atoms with Gasteiger partial charge in [0.25, 0.3) is 0 Å². The minimum atomic E-state index is -0.521. The second-order valence-electron chi connectivity index (χ2n) is 4.65. The average Bonchev–Trinajstić information content (AvgIpc) is 2.10. The van der Waals surface area contributed by atoms with Crippen LogP contribution in [0.15, 0.2) is 0 Å². The number of hydrogen-bond donors (Lipinski definition) is 1. The molecule has 1 rings (SSSR count). The zero-order valence-corrected chi connectivity index (χ0v) is 12.7. The van der Waals surface area contributed by atoms with E-state index in [2.05, 4.69) is 37.9 Å². The van der Waals surface area contributed by atoms with Crippen LogP contribution in [0.5, 0.6) is 0 Å². The van der Waals surface area contributed by atoms with Crippen molar-refractivity contribution < 1.29 is 9.53 Å². The number of hydrogen-bond acceptors (Lipinski definition) is 4. The number of carbonyl (C=O) groups excluding carboxylic acids is 1. The lowest BCUT2D eigenvalue weighted by Gasteiger charge is -2.19.